The van der Waals surface area contributed by atoms with Crippen LogP contribution in [0, 0.1) is 0 Å². The number of para-hydroxylation sites is 1. The molecule has 0 saturated heterocycles. The van der Waals surface area contributed by atoms with Crippen LogP contribution in [0.1, 0.15) is 52.3 Å². The lowest BCUT2D eigenvalue weighted by Gasteiger charge is -2.11. The van der Waals surface area contributed by atoms with Crippen molar-refractivity contribution in [3.63, 3.8) is 0 Å². The molecule has 1 aromatic carbocycles. The highest BCUT2D eigenvalue weighted by molar-refractivity contribution is 5.88. The maximum Gasteiger partial charge on any atom is 0.339 e. The summed E-state index contributed by atoms with van der Waals surface area (Å²) in [6, 6.07) is 7.88. The van der Waals surface area contributed by atoms with Gasteiger partial charge in [0.25, 0.3) is 0 Å². The summed E-state index contributed by atoms with van der Waals surface area (Å²) < 4.78 is 5.88. The summed E-state index contributed by atoms with van der Waals surface area (Å²) in [6.07, 6.45) is 3.94. The number of nitrogens with zero attached hydrogens (tertiary/aromatic N) is 2. The van der Waals surface area contributed by atoms with Crippen LogP contribution in [0.15, 0.2) is 30.5 Å². The molecule has 2 heterocycles. The summed E-state index contributed by atoms with van der Waals surface area (Å²) >= 11 is 0. The SMILES string of the molecule is O=C(O)c1cnc(C2Cc3ccccc3O2)nc1C1CC1. The Balaban J connectivity index is 1.68. The number of ether oxygens (including phenoxy) is 1. The van der Waals surface area contributed by atoms with Crippen molar-refractivity contribution in [3.8, 4) is 5.75 Å². The van der Waals surface area contributed by atoms with E-state index in [2.05, 4.69) is 9.97 Å². The molecule has 1 N–H and O–H groups in total. The number of fused-ring (bicyclic) bond motifs is 1. The molecule has 4 rings (SSSR count). The number of hydrogen-bond donors (Lipinski definition) is 1. The van der Waals surface area contributed by atoms with Crippen LogP contribution in [0.2, 0.25) is 0 Å². The lowest BCUT2D eigenvalue weighted by Crippen LogP contribution is -2.13. The maximum atomic E-state index is 11.3. The Morgan fingerprint density at radius 3 is 2.81 bits per heavy atom. The van der Waals surface area contributed by atoms with Crippen LogP contribution < -0.4 is 4.74 Å². The monoisotopic (exact) mass is 282 g/mol. The minimum absolute atomic E-state index is 0.219. The molecule has 2 aliphatic rings. The number of carboxylic acids is 1. The molecule has 1 aliphatic heterocycles. The first-order valence-corrected chi connectivity index (χ1v) is 7.07. The van der Waals surface area contributed by atoms with Crippen LogP contribution in [0.4, 0.5) is 0 Å². The topological polar surface area (TPSA) is 72.3 Å². The smallest absolute Gasteiger partial charge is 0.339 e. The third kappa shape index (κ3) is 2.14. The summed E-state index contributed by atoms with van der Waals surface area (Å²) in [5.41, 5.74) is 2.02. The molecule has 1 aliphatic carbocycles. The molecule has 1 saturated carbocycles. The fourth-order valence-corrected chi connectivity index (χ4v) is 2.72. The molecule has 106 valence electrons. The fraction of sp³-hybridized carbons (Fsp3) is 0.312. The van der Waals surface area contributed by atoms with Crippen molar-refractivity contribution in [1.82, 2.24) is 9.97 Å². The molecule has 5 heteroatoms. The van der Waals surface area contributed by atoms with E-state index in [0.29, 0.717) is 11.5 Å². The van der Waals surface area contributed by atoms with Crippen LogP contribution >= 0.6 is 0 Å². The van der Waals surface area contributed by atoms with E-state index >= 15 is 0 Å². The average molecular weight is 282 g/mol. The molecule has 1 fully saturated rings. The molecule has 0 radical (unpaired) electrons. The summed E-state index contributed by atoms with van der Waals surface area (Å²) in [5, 5.41) is 9.23. The van der Waals surface area contributed by atoms with Gasteiger partial charge in [0, 0.05) is 18.5 Å². The first kappa shape index (κ1) is 12.3. The second-order valence-electron chi connectivity index (χ2n) is 5.52. The van der Waals surface area contributed by atoms with E-state index in [0.717, 1.165) is 30.6 Å². The van der Waals surface area contributed by atoms with Gasteiger partial charge < -0.3 is 9.84 Å². The number of aromatic carboxylic acids is 1. The molecular weight excluding hydrogens is 268 g/mol. The summed E-state index contributed by atoms with van der Waals surface area (Å²) in [7, 11) is 0. The molecule has 1 aromatic heterocycles. The summed E-state index contributed by atoms with van der Waals surface area (Å²) in [4.78, 5) is 20.0. The van der Waals surface area contributed by atoms with Crippen LogP contribution in [0.5, 0.6) is 5.75 Å². The quantitative estimate of drug-likeness (QED) is 0.937. The van der Waals surface area contributed by atoms with Gasteiger partial charge in [-0.3, -0.25) is 0 Å². The van der Waals surface area contributed by atoms with Gasteiger partial charge in [0.2, 0.25) is 0 Å². The van der Waals surface area contributed by atoms with E-state index in [1.54, 1.807) is 0 Å². The molecule has 1 unspecified atom stereocenters. The van der Waals surface area contributed by atoms with Gasteiger partial charge in [0.05, 0.1) is 11.3 Å². The van der Waals surface area contributed by atoms with E-state index < -0.39 is 5.97 Å². The van der Waals surface area contributed by atoms with Crippen LogP contribution in [0.3, 0.4) is 0 Å². The first-order chi connectivity index (χ1) is 10.2. The molecular formula is C16H14N2O3. The number of hydrogen-bond acceptors (Lipinski definition) is 4. The average Bonchev–Trinajstić information content (AvgIpc) is 3.25. The van der Waals surface area contributed by atoms with Crippen molar-refractivity contribution >= 4 is 5.97 Å². The fourth-order valence-electron chi connectivity index (χ4n) is 2.72. The number of rotatable bonds is 3. The van der Waals surface area contributed by atoms with Crippen LogP contribution in [-0.2, 0) is 6.42 Å². The van der Waals surface area contributed by atoms with E-state index in [9.17, 15) is 9.90 Å². The molecule has 21 heavy (non-hydrogen) atoms. The normalized spacial score (nSPS) is 19.9. The Bertz CT molecular complexity index is 700. The zero-order valence-electron chi connectivity index (χ0n) is 11.3. The van der Waals surface area contributed by atoms with Crippen molar-refractivity contribution in [2.24, 2.45) is 0 Å². The van der Waals surface area contributed by atoms with Gasteiger partial charge in [-0.1, -0.05) is 18.2 Å². The Labute approximate surface area is 121 Å². The highest BCUT2D eigenvalue weighted by Crippen LogP contribution is 2.41. The minimum Gasteiger partial charge on any atom is -0.482 e. The van der Waals surface area contributed by atoms with E-state index in [1.807, 2.05) is 24.3 Å². The number of benzene rings is 1. The van der Waals surface area contributed by atoms with Crippen LogP contribution in [-0.4, -0.2) is 21.0 Å². The van der Waals surface area contributed by atoms with Gasteiger partial charge in [0.15, 0.2) is 11.9 Å². The second-order valence-corrected chi connectivity index (χ2v) is 5.52. The molecule has 0 amide bonds. The third-order valence-electron chi connectivity index (χ3n) is 3.97. The Morgan fingerprint density at radius 1 is 1.29 bits per heavy atom. The van der Waals surface area contributed by atoms with Crippen molar-refractivity contribution in [2.75, 3.05) is 0 Å². The molecule has 0 spiro atoms. The Hall–Kier alpha value is -2.43. The lowest BCUT2D eigenvalue weighted by molar-refractivity contribution is 0.0694. The highest BCUT2D eigenvalue weighted by Gasteiger charge is 2.33. The molecule has 2 aromatic rings. The van der Waals surface area contributed by atoms with Gasteiger partial charge in [-0.15, -0.1) is 0 Å². The minimum atomic E-state index is -0.959. The van der Waals surface area contributed by atoms with Crippen molar-refractivity contribution in [3.05, 3.63) is 53.1 Å². The standard InChI is InChI=1S/C16H14N2O3/c19-16(20)11-8-17-15(18-14(11)9-5-6-9)13-7-10-3-1-2-4-12(10)21-13/h1-4,8-9,13H,5-7H2,(H,19,20). The van der Waals surface area contributed by atoms with Gasteiger partial charge >= 0.3 is 5.97 Å². The van der Waals surface area contributed by atoms with Crippen molar-refractivity contribution < 1.29 is 14.6 Å². The highest BCUT2D eigenvalue weighted by atomic mass is 16.5. The number of carbonyl (C=O) groups is 1. The van der Waals surface area contributed by atoms with Gasteiger partial charge in [-0.05, 0) is 24.5 Å². The molecule has 0 bridgehead atoms. The molecule has 5 nitrogen and oxygen atoms in total. The van der Waals surface area contributed by atoms with Crippen LogP contribution in [0.25, 0.3) is 0 Å². The zero-order chi connectivity index (χ0) is 14.4. The second kappa shape index (κ2) is 4.55. The van der Waals surface area contributed by atoms with Gasteiger partial charge in [0.1, 0.15) is 5.75 Å². The number of carboxylic acid groups (broad SMARTS) is 1. The van der Waals surface area contributed by atoms with E-state index in [-0.39, 0.29) is 17.6 Å². The lowest BCUT2D eigenvalue weighted by atomic mass is 10.1. The Kier molecular flexibility index (Phi) is 2.67. The van der Waals surface area contributed by atoms with E-state index in [4.69, 9.17) is 4.74 Å². The van der Waals surface area contributed by atoms with Gasteiger partial charge in [-0.25, -0.2) is 14.8 Å². The first-order valence-electron chi connectivity index (χ1n) is 7.07. The third-order valence-corrected chi connectivity index (χ3v) is 3.97. The van der Waals surface area contributed by atoms with Crippen molar-refractivity contribution in [2.45, 2.75) is 31.3 Å². The van der Waals surface area contributed by atoms with Gasteiger partial charge in [-0.2, -0.15) is 0 Å². The predicted octanol–water partition coefficient (Wildman–Crippen LogP) is 2.73. The number of aromatic nitrogens is 2. The van der Waals surface area contributed by atoms with E-state index in [1.165, 1.54) is 6.20 Å². The largest absolute Gasteiger partial charge is 0.482 e. The summed E-state index contributed by atoms with van der Waals surface area (Å²) in [5.74, 6) is 0.750. The zero-order valence-corrected chi connectivity index (χ0v) is 11.3. The molecule has 1 atom stereocenters. The maximum absolute atomic E-state index is 11.3. The Morgan fingerprint density at radius 2 is 2.10 bits per heavy atom. The summed E-state index contributed by atoms with van der Waals surface area (Å²) in [6.45, 7) is 0. The predicted molar refractivity (Wildman–Crippen MR) is 74.5 cm³/mol. The van der Waals surface area contributed by atoms with Crippen molar-refractivity contribution in [1.29, 1.82) is 0 Å².